The quantitative estimate of drug-likeness (QED) is 0.337. The summed E-state index contributed by atoms with van der Waals surface area (Å²) in [5.74, 6) is 2.03. The molecule has 0 saturated carbocycles. The number of methoxy groups -OCH3 is 1. The first-order chi connectivity index (χ1) is 19.4. The van der Waals surface area contributed by atoms with E-state index in [-0.39, 0.29) is 5.91 Å². The number of benzene rings is 3. The number of aryl methyl sites for hydroxylation is 1. The lowest BCUT2D eigenvalue weighted by molar-refractivity contribution is 0.0950. The topological polar surface area (TPSA) is 50.8 Å². The molecule has 0 radical (unpaired) electrons. The van der Waals surface area contributed by atoms with Crippen LogP contribution in [0.25, 0.3) is 0 Å². The fourth-order valence-electron chi connectivity index (χ4n) is 5.54. The van der Waals surface area contributed by atoms with Crippen molar-refractivity contribution in [1.29, 1.82) is 0 Å². The standard InChI is InChI=1S/C35H46N2O3/c1-6-15-37-16-8-7-9-17-40-33-14-13-29(21-30(33)20-27-11-10-12-28(19-27)24-37)35(38)36-23-31-22-32(25(2)3)34(39-5)18-26(31)4/h10-14,18-19,21-22,25H,6-9,15-17,20,23-24H2,1-5H3,(H,36,38). The molecule has 0 spiro atoms. The van der Waals surface area contributed by atoms with Crippen LogP contribution in [0.15, 0.2) is 54.6 Å². The van der Waals surface area contributed by atoms with Crippen molar-refractivity contribution in [3.8, 4) is 11.5 Å². The summed E-state index contributed by atoms with van der Waals surface area (Å²) in [6.07, 6.45) is 5.26. The lowest BCUT2D eigenvalue weighted by Gasteiger charge is -2.22. The molecule has 214 valence electrons. The third-order valence-electron chi connectivity index (χ3n) is 7.78. The van der Waals surface area contributed by atoms with Gasteiger partial charge in [0.1, 0.15) is 11.5 Å². The van der Waals surface area contributed by atoms with E-state index in [9.17, 15) is 4.79 Å². The monoisotopic (exact) mass is 542 g/mol. The number of hydrogen-bond acceptors (Lipinski definition) is 4. The number of hydrogen-bond donors (Lipinski definition) is 1. The van der Waals surface area contributed by atoms with E-state index in [1.54, 1.807) is 7.11 Å². The second-order valence-corrected chi connectivity index (χ2v) is 11.4. The van der Waals surface area contributed by atoms with Crippen molar-refractivity contribution >= 4 is 5.91 Å². The van der Waals surface area contributed by atoms with Gasteiger partial charge >= 0.3 is 0 Å². The van der Waals surface area contributed by atoms with Crippen LogP contribution in [-0.2, 0) is 19.5 Å². The highest BCUT2D eigenvalue weighted by atomic mass is 16.5. The minimum Gasteiger partial charge on any atom is -0.496 e. The Morgan fingerprint density at radius 1 is 1.05 bits per heavy atom. The number of ether oxygens (including phenoxy) is 2. The summed E-state index contributed by atoms with van der Waals surface area (Å²) in [6.45, 7) is 13.0. The van der Waals surface area contributed by atoms with Gasteiger partial charge in [-0.1, -0.05) is 45.0 Å². The van der Waals surface area contributed by atoms with Crippen molar-refractivity contribution in [1.82, 2.24) is 10.2 Å². The first-order valence-electron chi connectivity index (χ1n) is 14.9. The first-order valence-corrected chi connectivity index (χ1v) is 14.9. The molecule has 0 fully saturated rings. The molecule has 1 aliphatic rings. The number of rotatable bonds is 7. The van der Waals surface area contributed by atoms with Gasteiger partial charge in [-0.3, -0.25) is 9.69 Å². The van der Waals surface area contributed by atoms with Crippen molar-refractivity contribution in [3.63, 3.8) is 0 Å². The third kappa shape index (κ3) is 7.88. The molecule has 0 saturated heterocycles. The van der Waals surface area contributed by atoms with Gasteiger partial charge in [0.15, 0.2) is 0 Å². The molecule has 4 rings (SSSR count). The highest BCUT2D eigenvalue weighted by Crippen LogP contribution is 2.30. The summed E-state index contributed by atoms with van der Waals surface area (Å²) in [4.78, 5) is 15.9. The molecule has 3 aromatic rings. The van der Waals surface area contributed by atoms with Crippen LogP contribution >= 0.6 is 0 Å². The Bertz CT molecular complexity index is 1280. The molecule has 3 aromatic carbocycles. The van der Waals surface area contributed by atoms with E-state index in [1.807, 2.05) is 18.2 Å². The van der Waals surface area contributed by atoms with E-state index in [0.717, 1.165) is 79.1 Å². The van der Waals surface area contributed by atoms with E-state index in [0.29, 0.717) is 24.6 Å². The Hall–Kier alpha value is -3.31. The summed E-state index contributed by atoms with van der Waals surface area (Å²) in [6, 6.07) is 19.0. The third-order valence-corrected chi connectivity index (χ3v) is 7.78. The number of nitrogens with zero attached hydrogens (tertiary/aromatic N) is 1. The lowest BCUT2D eigenvalue weighted by Crippen LogP contribution is -2.25. The Morgan fingerprint density at radius 2 is 1.88 bits per heavy atom. The molecule has 2 bridgehead atoms. The Morgan fingerprint density at radius 3 is 2.65 bits per heavy atom. The zero-order valence-electron chi connectivity index (χ0n) is 25.0. The minimum atomic E-state index is -0.0764. The second kappa shape index (κ2) is 14.4. The number of fused-ring (bicyclic) bond motifs is 3. The Balaban J connectivity index is 1.54. The molecule has 0 atom stereocenters. The molecular formula is C35H46N2O3. The van der Waals surface area contributed by atoms with Gasteiger partial charge in [-0.2, -0.15) is 0 Å². The molecular weight excluding hydrogens is 496 g/mol. The van der Waals surface area contributed by atoms with Crippen LogP contribution in [0.3, 0.4) is 0 Å². The second-order valence-electron chi connectivity index (χ2n) is 11.4. The molecule has 5 nitrogen and oxygen atoms in total. The van der Waals surface area contributed by atoms with Crippen molar-refractivity contribution in [2.24, 2.45) is 0 Å². The van der Waals surface area contributed by atoms with Crippen LogP contribution in [0.5, 0.6) is 11.5 Å². The summed E-state index contributed by atoms with van der Waals surface area (Å²) in [7, 11) is 1.71. The van der Waals surface area contributed by atoms with Crippen LogP contribution in [0, 0.1) is 6.92 Å². The molecule has 0 aromatic heterocycles. The zero-order chi connectivity index (χ0) is 28.5. The van der Waals surface area contributed by atoms with Gasteiger partial charge in [-0.05, 0) is 115 Å². The van der Waals surface area contributed by atoms with E-state index in [4.69, 9.17) is 9.47 Å². The van der Waals surface area contributed by atoms with Crippen molar-refractivity contribution in [3.05, 3.63) is 93.5 Å². The van der Waals surface area contributed by atoms with Gasteiger partial charge in [-0.15, -0.1) is 0 Å². The molecule has 5 heteroatoms. The van der Waals surface area contributed by atoms with Gasteiger partial charge in [0.05, 0.1) is 13.7 Å². The molecule has 1 amide bonds. The fourth-order valence-corrected chi connectivity index (χ4v) is 5.54. The SMILES string of the molecule is CCCN1CCCCCOc2ccc(C(=O)NCc3cc(C(C)C)c(OC)cc3C)cc2Cc2cccc(c2)C1. The maximum Gasteiger partial charge on any atom is 0.251 e. The van der Waals surface area contributed by atoms with Gasteiger partial charge < -0.3 is 14.8 Å². The highest BCUT2D eigenvalue weighted by Gasteiger charge is 2.15. The van der Waals surface area contributed by atoms with Crippen LogP contribution in [0.4, 0.5) is 0 Å². The number of amides is 1. The maximum atomic E-state index is 13.3. The number of nitrogens with one attached hydrogen (secondary N) is 1. The number of carbonyl (C=O) groups is 1. The summed E-state index contributed by atoms with van der Waals surface area (Å²) >= 11 is 0. The predicted octanol–water partition coefficient (Wildman–Crippen LogP) is 7.42. The van der Waals surface area contributed by atoms with E-state index < -0.39 is 0 Å². The largest absolute Gasteiger partial charge is 0.496 e. The Kier molecular flexibility index (Phi) is 10.7. The maximum absolute atomic E-state index is 13.3. The molecule has 1 N–H and O–H groups in total. The summed E-state index contributed by atoms with van der Waals surface area (Å²) in [5, 5.41) is 3.15. The number of carbonyl (C=O) groups excluding carboxylic acids is 1. The predicted molar refractivity (Wildman–Crippen MR) is 164 cm³/mol. The summed E-state index contributed by atoms with van der Waals surface area (Å²) < 4.78 is 11.8. The minimum absolute atomic E-state index is 0.0764. The van der Waals surface area contributed by atoms with Crippen molar-refractivity contribution < 1.29 is 14.3 Å². The van der Waals surface area contributed by atoms with E-state index >= 15 is 0 Å². The summed E-state index contributed by atoms with van der Waals surface area (Å²) in [5.41, 5.74) is 7.66. The average molecular weight is 543 g/mol. The van der Waals surface area contributed by atoms with Crippen molar-refractivity contribution in [2.75, 3.05) is 26.8 Å². The lowest BCUT2D eigenvalue weighted by atomic mass is 9.96. The van der Waals surface area contributed by atoms with Crippen molar-refractivity contribution in [2.45, 2.75) is 78.8 Å². The van der Waals surface area contributed by atoms with Gasteiger partial charge in [0.2, 0.25) is 0 Å². The van der Waals surface area contributed by atoms with E-state index in [2.05, 4.69) is 74.3 Å². The smallest absolute Gasteiger partial charge is 0.251 e. The van der Waals surface area contributed by atoms with Crippen LogP contribution < -0.4 is 14.8 Å². The molecule has 0 unspecified atom stereocenters. The molecule has 40 heavy (non-hydrogen) atoms. The normalized spacial score (nSPS) is 14.7. The Labute approximate surface area is 240 Å². The van der Waals surface area contributed by atoms with Gasteiger partial charge in [-0.25, -0.2) is 0 Å². The fraction of sp³-hybridized carbons (Fsp3) is 0.457. The van der Waals surface area contributed by atoms with Gasteiger partial charge in [0.25, 0.3) is 5.91 Å². The molecule has 1 heterocycles. The highest BCUT2D eigenvalue weighted by molar-refractivity contribution is 5.94. The molecule has 0 aliphatic carbocycles. The van der Waals surface area contributed by atoms with Crippen LogP contribution in [0.1, 0.15) is 96.1 Å². The molecule has 1 aliphatic heterocycles. The first kappa shape index (κ1) is 29.7. The van der Waals surface area contributed by atoms with Crippen LogP contribution in [0.2, 0.25) is 0 Å². The van der Waals surface area contributed by atoms with E-state index in [1.165, 1.54) is 17.5 Å². The van der Waals surface area contributed by atoms with Gasteiger partial charge in [0, 0.05) is 25.1 Å². The zero-order valence-corrected chi connectivity index (χ0v) is 25.0. The average Bonchev–Trinajstić information content (AvgIpc) is 2.94. The van der Waals surface area contributed by atoms with Crippen LogP contribution in [-0.4, -0.2) is 37.6 Å².